The maximum atomic E-state index is 12.4. The fourth-order valence-corrected chi connectivity index (χ4v) is 4.11. The van der Waals surface area contributed by atoms with Gasteiger partial charge in [0, 0.05) is 11.4 Å². The second kappa shape index (κ2) is 7.38. The number of para-hydroxylation sites is 2. The highest BCUT2D eigenvalue weighted by Crippen LogP contribution is 2.24. The molecule has 3 aromatic rings. The maximum absolute atomic E-state index is 12.4. The Bertz CT molecular complexity index is 781. The first-order valence-electron chi connectivity index (χ1n) is 7.25. The van der Waals surface area contributed by atoms with Crippen LogP contribution in [0.1, 0.15) is 11.8 Å². The van der Waals surface area contributed by atoms with Crippen molar-refractivity contribution in [2.45, 2.75) is 18.6 Å². The molecule has 120 valence electrons. The van der Waals surface area contributed by atoms with Crippen molar-refractivity contribution in [3.05, 3.63) is 45.6 Å². The van der Waals surface area contributed by atoms with Gasteiger partial charge in [0.25, 0.3) is 0 Å². The third-order valence-corrected chi connectivity index (χ3v) is 5.48. The zero-order chi connectivity index (χ0) is 16.2. The molecule has 2 aromatic heterocycles. The number of benzene rings is 1. The number of fused-ring (bicyclic) bond motifs is 1. The minimum Gasteiger partial charge on any atom is -0.337 e. The van der Waals surface area contributed by atoms with Crippen LogP contribution in [-0.2, 0) is 11.3 Å². The number of hydrogen-bond donors (Lipinski definition) is 1. The number of halogens is 1. The Balaban J connectivity index is 1.60. The van der Waals surface area contributed by atoms with Crippen molar-refractivity contribution in [3.63, 3.8) is 0 Å². The first kappa shape index (κ1) is 16.4. The number of thiophene rings is 1. The van der Waals surface area contributed by atoms with E-state index in [9.17, 15) is 4.79 Å². The van der Waals surface area contributed by atoms with Crippen LogP contribution in [0.15, 0.2) is 41.6 Å². The number of nitrogens with one attached hydrogen (secondary N) is 1. The third kappa shape index (κ3) is 4.07. The summed E-state index contributed by atoms with van der Waals surface area (Å²) in [5.74, 6) is 0.467. The number of nitrogens with zero attached hydrogens (tertiary/aromatic N) is 2. The third-order valence-electron chi connectivity index (χ3n) is 3.41. The molecule has 0 saturated carbocycles. The number of aromatic amines is 1. The molecule has 23 heavy (non-hydrogen) atoms. The molecular weight excluding hydrogens is 350 g/mol. The normalized spacial score (nSPS) is 11.0. The lowest BCUT2D eigenvalue weighted by molar-refractivity contribution is -0.128. The van der Waals surface area contributed by atoms with Crippen LogP contribution in [0.5, 0.6) is 0 Å². The molecule has 0 radical (unpaired) electrons. The number of thioether (sulfide) groups is 1. The average Bonchev–Trinajstić information content (AvgIpc) is 3.15. The summed E-state index contributed by atoms with van der Waals surface area (Å²) >= 11 is 8.89. The SMILES string of the molecule is CCN(Cc1ccc(Cl)s1)C(=O)CSc1nc2ccccc2[nH]1. The highest BCUT2D eigenvalue weighted by atomic mass is 35.5. The molecule has 0 aliphatic rings. The lowest BCUT2D eigenvalue weighted by Gasteiger charge is -2.19. The fraction of sp³-hybridized carbons (Fsp3) is 0.250. The largest absolute Gasteiger partial charge is 0.337 e. The minimum absolute atomic E-state index is 0.0995. The second-order valence-corrected chi connectivity index (χ2v) is 7.73. The van der Waals surface area contributed by atoms with Gasteiger partial charge in [0.15, 0.2) is 5.16 Å². The van der Waals surface area contributed by atoms with Crippen molar-refractivity contribution in [1.82, 2.24) is 14.9 Å². The van der Waals surface area contributed by atoms with Gasteiger partial charge >= 0.3 is 0 Å². The maximum Gasteiger partial charge on any atom is 0.233 e. The van der Waals surface area contributed by atoms with E-state index in [1.807, 2.05) is 48.2 Å². The van der Waals surface area contributed by atoms with Crippen molar-refractivity contribution >= 4 is 51.6 Å². The smallest absolute Gasteiger partial charge is 0.233 e. The highest BCUT2D eigenvalue weighted by Gasteiger charge is 2.14. The van der Waals surface area contributed by atoms with Crippen molar-refractivity contribution in [2.75, 3.05) is 12.3 Å². The molecule has 1 amide bonds. The molecule has 4 nitrogen and oxygen atoms in total. The molecule has 0 fully saturated rings. The topological polar surface area (TPSA) is 49.0 Å². The van der Waals surface area contributed by atoms with E-state index < -0.39 is 0 Å². The van der Waals surface area contributed by atoms with E-state index in [1.165, 1.54) is 23.1 Å². The molecule has 1 N–H and O–H groups in total. The van der Waals surface area contributed by atoms with Crippen molar-refractivity contribution in [2.24, 2.45) is 0 Å². The van der Waals surface area contributed by atoms with Crippen LogP contribution < -0.4 is 0 Å². The number of rotatable bonds is 6. The van der Waals surface area contributed by atoms with Gasteiger partial charge in [0.05, 0.1) is 27.7 Å². The molecule has 3 rings (SSSR count). The van der Waals surface area contributed by atoms with E-state index in [-0.39, 0.29) is 5.91 Å². The molecule has 0 unspecified atom stereocenters. The monoisotopic (exact) mass is 365 g/mol. The Morgan fingerprint density at radius 3 is 2.87 bits per heavy atom. The van der Waals surface area contributed by atoms with Gasteiger partial charge in [-0.15, -0.1) is 11.3 Å². The van der Waals surface area contributed by atoms with Gasteiger partial charge in [-0.25, -0.2) is 4.98 Å². The number of amides is 1. The van der Waals surface area contributed by atoms with E-state index in [4.69, 9.17) is 11.6 Å². The first-order chi connectivity index (χ1) is 11.2. The zero-order valence-electron chi connectivity index (χ0n) is 12.6. The summed E-state index contributed by atoms with van der Waals surface area (Å²) < 4.78 is 0.750. The fourth-order valence-electron chi connectivity index (χ4n) is 2.22. The summed E-state index contributed by atoms with van der Waals surface area (Å²) in [7, 11) is 0. The molecule has 0 bridgehead atoms. The van der Waals surface area contributed by atoms with Crippen LogP contribution in [-0.4, -0.2) is 33.1 Å². The lowest BCUT2D eigenvalue weighted by Crippen LogP contribution is -2.31. The van der Waals surface area contributed by atoms with E-state index in [2.05, 4.69) is 9.97 Å². The Labute approximate surface area is 147 Å². The van der Waals surface area contributed by atoms with E-state index >= 15 is 0 Å². The van der Waals surface area contributed by atoms with Gasteiger partial charge in [-0.05, 0) is 31.2 Å². The van der Waals surface area contributed by atoms with Crippen molar-refractivity contribution in [3.8, 4) is 0 Å². The van der Waals surface area contributed by atoms with Crippen LogP contribution in [0.4, 0.5) is 0 Å². The minimum atomic E-state index is 0.0995. The van der Waals surface area contributed by atoms with E-state index in [0.29, 0.717) is 18.8 Å². The van der Waals surface area contributed by atoms with Gasteiger partial charge in [0.1, 0.15) is 0 Å². The second-order valence-electron chi connectivity index (χ2n) is 4.96. The number of H-pyrrole nitrogens is 1. The summed E-state index contributed by atoms with van der Waals surface area (Å²) in [5, 5.41) is 0.773. The zero-order valence-corrected chi connectivity index (χ0v) is 15.0. The Morgan fingerprint density at radius 2 is 2.17 bits per heavy atom. The molecule has 7 heteroatoms. The molecular formula is C16H16ClN3OS2. The van der Waals surface area contributed by atoms with E-state index in [0.717, 1.165) is 25.4 Å². The van der Waals surface area contributed by atoms with Crippen LogP contribution >= 0.6 is 34.7 Å². The standard InChI is InChI=1S/C16H16ClN3OS2/c1-2-20(9-11-7-8-14(17)23-11)15(21)10-22-16-18-12-5-3-4-6-13(12)19-16/h3-8H,2,9-10H2,1H3,(H,18,19). The summed E-state index contributed by atoms with van der Waals surface area (Å²) in [4.78, 5) is 23.0. The Hall–Kier alpha value is -1.50. The van der Waals surface area contributed by atoms with Crippen molar-refractivity contribution in [1.29, 1.82) is 0 Å². The number of carbonyl (C=O) groups excluding carboxylic acids is 1. The first-order valence-corrected chi connectivity index (χ1v) is 9.43. The highest BCUT2D eigenvalue weighted by molar-refractivity contribution is 7.99. The van der Waals surface area contributed by atoms with E-state index in [1.54, 1.807) is 0 Å². The molecule has 0 aliphatic carbocycles. The van der Waals surface area contributed by atoms with Crippen LogP contribution in [0.25, 0.3) is 11.0 Å². The summed E-state index contributed by atoms with van der Waals surface area (Å²) in [6.45, 7) is 3.27. The quantitative estimate of drug-likeness (QED) is 0.658. The van der Waals surface area contributed by atoms with Crippen LogP contribution in [0.3, 0.4) is 0 Å². The lowest BCUT2D eigenvalue weighted by atomic mass is 10.3. The molecule has 0 atom stereocenters. The molecule has 0 spiro atoms. The number of imidazole rings is 1. The number of hydrogen-bond acceptors (Lipinski definition) is 4. The van der Waals surface area contributed by atoms with Crippen molar-refractivity contribution < 1.29 is 4.79 Å². The Morgan fingerprint density at radius 1 is 1.35 bits per heavy atom. The predicted octanol–water partition coefficient (Wildman–Crippen LogP) is 4.42. The number of aromatic nitrogens is 2. The average molecular weight is 366 g/mol. The molecule has 2 heterocycles. The van der Waals surface area contributed by atoms with Gasteiger partial charge in [-0.3, -0.25) is 4.79 Å². The molecule has 0 aliphatic heterocycles. The summed E-state index contributed by atoms with van der Waals surface area (Å²) in [6.07, 6.45) is 0. The van der Waals surface area contributed by atoms with Gasteiger partial charge in [-0.1, -0.05) is 35.5 Å². The van der Waals surface area contributed by atoms with Gasteiger partial charge < -0.3 is 9.88 Å². The van der Waals surface area contributed by atoms with Crippen LogP contribution in [0.2, 0.25) is 4.34 Å². The summed E-state index contributed by atoms with van der Waals surface area (Å²) in [6, 6.07) is 11.7. The summed E-state index contributed by atoms with van der Waals surface area (Å²) in [5.41, 5.74) is 1.91. The van der Waals surface area contributed by atoms with Gasteiger partial charge in [-0.2, -0.15) is 0 Å². The van der Waals surface area contributed by atoms with Crippen LogP contribution in [0, 0.1) is 0 Å². The number of carbonyl (C=O) groups is 1. The predicted molar refractivity (Wildman–Crippen MR) is 97.2 cm³/mol. The molecule has 0 saturated heterocycles. The molecule has 1 aromatic carbocycles. The van der Waals surface area contributed by atoms with Gasteiger partial charge in [0.2, 0.25) is 5.91 Å². The Kier molecular flexibility index (Phi) is 5.25.